The van der Waals surface area contributed by atoms with Crippen LogP contribution < -0.4 is 10.1 Å². The van der Waals surface area contributed by atoms with E-state index < -0.39 is 67.1 Å². The average molecular weight is 540 g/mol. The normalized spacial score (nSPS) is 25.0. The number of halogens is 5. The molecule has 1 saturated carbocycles. The molecule has 1 aromatic carbocycles. The number of nitrogens with one attached hydrogen (secondary N) is 1. The fourth-order valence-electron chi connectivity index (χ4n) is 4.09. The standard InChI is InChI=1S/C21H22F5N3O4S2/c1-10-15(9-29(28-10)35(31,32)11-4-5-11)27-19(30)18-13(8-20(2,34-18)21(24,25)26)12-6-7-14(22)16(23)17(12)33-3/h6-7,9,11,13,18H,4-5,8H2,1-3H3,(H,27,30)/t13-,18+,20+/m0/s1. The van der Waals surface area contributed by atoms with Crippen LogP contribution in [0, 0.1) is 18.6 Å². The molecule has 0 unspecified atom stereocenters. The number of rotatable bonds is 6. The first-order valence-corrected chi connectivity index (χ1v) is 13.0. The summed E-state index contributed by atoms with van der Waals surface area (Å²) in [4.78, 5) is 13.2. The SMILES string of the molecule is COc1c([C@@H]2C[C@](C)(C(F)(F)F)S[C@H]2C(=O)Nc2cn(S(=O)(=O)C3CC3)nc2C)ccc(F)c1F. The number of carbonyl (C=O) groups excluding carboxylic acids is 1. The van der Waals surface area contributed by atoms with E-state index in [1.807, 2.05) is 0 Å². The van der Waals surface area contributed by atoms with E-state index in [9.17, 15) is 35.2 Å². The van der Waals surface area contributed by atoms with E-state index in [-0.39, 0.29) is 16.9 Å². The Morgan fingerprint density at radius 1 is 1.29 bits per heavy atom. The van der Waals surface area contributed by atoms with Crippen LogP contribution in [-0.4, -0.2) is 52.0 Å². The second-order valence-corrected chi connectivity index (χ2v) is 12.5. The molecule has 0 radical (unpaired) electrons. The minimum absolute atomic E-state index is 0.0245. The molecule has 1 N–H and O–H groups in total. The summed E-state index contributed by atoms with van der Waals surface area (Å²) in [5.74, 6) is -5.21. The zero-order chi connectivity index (χ0) is 25.9. The Balaban J connectivity index is 1.69. The van der Waals surface area contributed by atoms with Crippen molar-refractivity contribution in [2.75, 3.05) is 12.4 Å². The fraction of sp³-hybridized carbons (Fsp3) is 0.524. The molecule has 2 heterocycles. The van der Waals surface area contributed by atoms with Crippen LogP contribution >= 0.6 is 11.8 Å². The van der Waals surface area contributed by atoms with Crippen molar-refractivity contribution in [3.05, 3.63) is 41.2 Å². The summed E-state index contributed by atoms with van der Waals surface area (Å²) < 4.78 is 98.0. The molecule has 0 bridgehead atoms. The molecule has 2 fully saturated rings. The first kappa shape index (κ1) is 25.7. The second-order valence-electron chi connectivity index (χ2n) is 8.80. The van der Waals surface area contributed by atoms with Crippen molar-refractivity contribution in [3.63, 3.8) is 0 Å². The van der Waals surface area contributed by atoms with Gasteiger partial charge in [-0.05, 0) is 39.2 Å². The van der Waals surface area contributed by atoms with E-state index in [2.05, 4.69) is 10.4 Å². The van der Waals surface area contributed by atoms with Gasteiger partial charge in [0, 0.05) is 11.5 Å². The predicted molar refractivity (Wildman–Crippen MR) is 119 cm³/mol. The lowest BCUT2D eigenvalue weighted by molar-refractivity contribution is -0.155. The first-order valence-electron chi connectivity index (χ1n) is 10.6. The van der Waals surface area contributed by atoms with E-state index in [0.717, 1.165) is 36.5 Å². The Bertz CT molecular complexity index is 1280. The van der Waals surface area contributed by atoms with E-state index >= 15 is 0 Å². The van der Waals surface area contributed by atoms with Crippen LogP contribution in [0.15, 0.2) is 18.3 Å². The summed E-state index contributed by atoms with van der Waals surface area (Å²) in [5.41, 5.74) is 0.110. The quantitative estimate of drug-likeness (QED) is 0.549. The second kappa shape index (κ2) is 8.64. The number of thioether (sulfide) groups is 1. The number of aromatic nitrogens is 2. The highest BCUT2D eigenvalue weighted by molar-refractivity contribution is 8.02. The maximum absolute atomic E-state index is 14.4. The molecule has 14 heteroatoms. The Morgan fingerprint density at radius 3 is 2.51 bits per heavy atom. The number of benzene rings is 1. The van der Waals surface area contributed by atoms with Crippen molar-refractivity contribution in [3.8, 4) is 5.75 Å². The van der Waals surface area contributed by atoms with Gasteiger partial charge >= 0.3 is 6.18 Å². The number of carbonyl (C=O) groups is 1. The van der Waals surface area contributed by atoms with E-state index in [0.29, 0.717) is 24.6 Å². The van der Waals surface area contributed by atoms with Gasteiger partial charge in [0.2, 0.25) is 11.7 Å². The van der Waals surface area contributed by atoms with Crippen molar-refractivity contribution in [2.45, 2.75) is 60.5 Å². The third kappa shape index (κ3) is 4.50. The molecule has 1 aliphatic heterocycles. The van der Waals surface area contributed by atoms with Gasteiger partial charge in [0.25, 0.3) is 10.0 Å². The lowest BCUT2D eigenvalue weighted by atomic mass is 9.85. The highest BCUT2D eigenvalue weighted by Crippen LogP contribution is 2.59. The van der Waals surface area contributed by atoms with Gasteiger partial charge in [-0.3, -0.25) is 4.79 Å². The van der Waals surface area contributed by atoms with Crippen LogP contribution in [0.4, 0.5) is 27.6 Å². The number of hydrogen-bond donors (Lipinski definition) is 1. The third-order valence-electron chi connectivity index (χ3n) is 6.25. The van der Waals surface area contributed by atoms with Crippen LogP contribution in [-0.2, 0) is 14.8 Å². The molecular formula is C21H22F5N3O4S2. The van der Waals surface area contributed by atoms with Gasteiger partial charge in [-0.1, -0.05) is 6.07 Å². The van der Waals surface area contributed by atoms with Gasteiger partial charge in [-0.15, -0.1) is 11.8 Å². The zero-order valence-electron chi connectivity index (χ0n) is 18.8. The van der Waals surface area contributed by atoms with Crippen molar-refractivity contribution < 1.29 is 39.9 Å². The van der Waals surface area contributed by atoms with Gasteiger partial charge in [-0.25, -0.2) is 12.8 Å². The molecule has 35 heavy (non-hydrogen) atoms. The highest BCUT2D eigenvalue weighted by Gasteiger charge is 2.61. The maximum Gasteiger partial charge on any atom is 0.403 e. The highest BCUT2D eigenvalue weighted by atomic mass is 32.2. The number of ether oxygens (including phenoxy) is 1. The Labute approximate surface area is 202 Å². The summed E-state index contributed by atoms with van der Waals surface area (Å²) in [7, 11) is -2.67. The van der Waals surface area contributed by atoms with Gasteiger partial charge in [0.15, 0.2) is 11.6 Å². The number of methoxy groups -OCH3 is 1. The van der Waals surface area contributed by atoms with Crippen molar-refractivity contribution in [1.29, 1.82) is 0 Å². The smallest absolute Gasteiger partial charge is 0.403 e. The minimum Gasteiger partial charge on any atom is -0.493 e. The average Bonchev–Trinajstić information content (AvgIpc) is 3.48. The van der Waals surface area contributed by atoms with Crippen LogP contribution in [0.5, 0.6) is 5.75 Å². The topological polar surface area (TPSA) is 90.3 Å². The number of nitrogens with zero attached hydrogens (tertiary/aromatic N) is 2. The summed E-state index contributed by atoms with van der Waals surface area (Å²) in [6, 6.07) is 1.88. The molecule has 1 aliphatic carbocycles. The third-order valence-corrected chi connectivity index (χ3v) is 9.98. The number of alkyl halides is 3. The van der Waals surface area contributed by atoms with E-state index in [4.69, 9.17) is 4.74 Å². The number of amides is 1. The fourth-order valence-corrected chi connectivity index (χ4v) is 7.15. The molecule has 1 saturated heterocycles. The number of anilines is 1. The maximum atomic E-state index is 14.4. The summed E-state index contributed by atoms with van der Waals surface area (Å²) in [5, 5.41) is 4.47. The molecule has 1 amide bonds. The largest absolute Gasteiger partial charge is 0.493 e. The first-order chi connectivity index (χ1) is 16.2. The zero-order valence-corrected chi connectivity index (χ0v) is 20.5. The Kier molecular flexibility index (Phi) is 6.36. The van der Waals surface area contributed by atoms with Gasteiger partial charge in [-0.2, -0.15) is 26.7 Å². The molecule has 192 valence electrons. The number of aryl methyl sites for hydroxylation is 1. The van der Waals surface area contributed by atoms with E-state index in [1.54, 1.807) is 0 Å². The number of hydrogen-bond acceptors (Lipinski definition) is 6. The molecule has 2 aromatic rings. The minimum atomic E-state index is -4.70. The van der Waals surface area contributed by atoms with E-state index in [1.165, 1.54) is 6.92 Å². The lowest BCUT2D eigenvalue weighted by Gasteiger charge is -2.26. The van der Waals surface area contributed by atoms with Crippen molar-refractivity contribution >= 4 is 33.4 Å². The van der Waals surface area contributed by atoms with Crippen LogP contribution in [0.25, 0.3) is 0 Å². The van der Waals surface area contributed by atoms with Gasteiger partial charge < -0.3 is 10.1 Å². The molecule has 7 nitrogen and oxygen atoms in total. The van der Waals surface area contributed by atoms with Crippen molar-refractivity contribution in [1.82, 2.24) is 9.19 Å². The predicted octanol–water partition coefficient (Wildman–Crippen LogP) is 4.37. The monoisotopic (exact) mass is 539 g/mol. The molecule has 3 atom stereocenters. The summed E-state index contributed by atoms with van der Waals surface area (Å²) in [6.45, 7) is 2.39. The van der Waals surface area contributed by atoms with Gasteiger partial charge in [0.1, 0.15) is 4.75 Å². The Hall–Kier alpha value is -2.35. The Morgan fingerprint density at radius 2 is 1.94 bits per heavy atom. The van der Waals surface area contributed by atoms with Crippen LogP contribution in [0.3, 0.4) is 0 Å². The molecule has 1 aromatic heterocycles. The summed E-state index contributed by atoms with van der Waals surface area (Å²) in [6.07, 6.45) is -3.19. The lowest BCUT2D eigenvalue weighted by Crippen LogP contribution is -2.37. The molecular weight excluding hydrogens is 517 g/mol. The molecule has 4 rings (SSSR count). The van der Waals surface area contributed by atoms with Crippen LogP contribution in [0.2, 0.25) is 0 Å². The molecule has 0 spiro atoms. The summed E-state index contributed by atoms with van der Waals surface area (Å²) >= 11 is 0.358. The van der Waals surface area contributed by atoms with Crippen molar-refractivity contribution in [2.24, 2.45) is 0 Å². The van der Waals surface area contributed by atoms with Gasteiger partial charge in [0.05, 0.1) is 35.2 Å². The molecule has 2 aliphatic rings. The van der Waals surface area contributed by atoms with Crippen LogP contribution in [0.1, 0.15) is 43.4 Å².